The fraction of sp³-hybridized carbons (Fsp3) is 0.0667. The van der Waals surface area contributed by atoms with Crippen molar-refractivity contribution in [2.45, 2.75) is 11.3 Å². The van der Waals surface area contributed by atoms with Crippen LogP contribution in [0.2, 0.25) is 0 Å². The second-order valence-electron chi connectivity index (χ2n) is 4.61. The second kappa shape index (κ2) is 5.86. The maximum absolute atomic E-state index is 12.4. The predicted octanol–water partition coefficient (Wildman–Crippen LogP) is 2.34. The van der Waals surface area contributed by atoms with E-state index in [0.29, 0.717) is 10.9 Å². The van der Waals surface area contributed by atoms with Crippen LogP contribution in [0.4, 0.5) is 0 Å². The van der Waals surface area contributed by atoms with Gasteiger partial charge in [0.2, 0.25) is 5.91 Å². The number of nitrogens with one attached hydrogen (secondary N) is 1. The van der Waals surface area contributed by atoms with E-state index in [1.165, 1.54) is 17.4 Å². The molecular formula is C15H12N2O3S2. The minimum absolute atomic E-state index is 0.0416. The van der Waals surface area contributed by atoms with Crippen molar-refractivity contribution in [1.29, 1.82) is 0 Å². The first-order chi connectivity index (χ1) is 10.6. The van der Waals surface area contributed by atoms with E-state index in [1.807, 2.05) is 11.4 Å². The molecule has 1 N–H and O–H groups in total. The highest BCUT2D eigenvalue weighted by Gasteiger charge is 2.20. The fourth-order valence-corrected chi connectivity index (χ4v) is 4.03. The van der Waals surface area contributed by atoms with Crippen LogP contribution < -0.4 is 4.72 Å². The van der Waals surface area contributed by atoms with Crippen molar-refractivity contribution in [2.75, 3.05) is 0 Å². The molecule has 112 valence electrons. The van der Waals surface area contributed by atoms with E-state index < -0.39 is 15.9 Å². The van der Waals surface area contributed by atoms with Crippen molar-refractivity contribution in [2.24, 2.45) is 0 Å². The van der Waals surface area contributed by atoms with Crippen LogP contribution in [0.15, 0.2) is 58.9 Å². The number of pyridine rings is 1. The van der Waals surface area contributed by atoms with E-state index in [-0.39, 0.29) is 11.3 Å². The average molecular weight is 332 g/mol. The first kappa shape index (κ1) is 14.7. The topological polar surface area (TPSA) is 76.1 Å². The Morgan fingerprint density at radius 3 is 2.77 bits per heavy atom. The molecule has 3 rings (SSSR count). The van der Waals surface area contributed by atoms with Crippen LogP contribution in [-0.4, -0.2) is 19.3 Å². The Hall–Kier alpha value is -2.25. The molecule has 2 aromatic heterocycles. The molecule has 1 amide bonds. The molecule has 0 saturated heterocycles. The van der Waals surface area contributed by atoms with Crippen molar-refractivity contribution < 1.29 is 13.2 Å². The Labute approximate surface area is 131 Å². The van der Waals surface area contributed by atoms with Crippen molar-refractivity contribution in [3.63, 3.8) is 0 Å². The number of thiophene rings is 1. The van der Waals surface area contributed by atoms with Gasteiger partial charge in [-0.05, 0) is 35.7 Å². The number of fused-ring (bicyclic) bond motifs is 1. The fourth-order valence-electron chi connectivity index (χ4n) is 2.12. The monoisotopic (exact) mass is 332 g/mol. The molecule has 2 heterocycles. The van der Waals surface area contributed by atoms with E-state index in [1.54, 1.807) is 36.5 Å². The molecule has 0 bridgehead atoms. The van der Waals surface area contributed by atoms with Crippen molar-refractivity contribution >= 4 is 38.2 Å². The van der Waals surface area contributed by atoms with Crippen LogP contribution in [0.5, 0.6) is 0 Å². The summed E-state index contributed by atoms with van der Waals surface area (Å²) < 4.78 is 27.0. The number of carbonyl (C=O) groups excluding carboxylic acids is 1. The quantitative estimate of drug-likeness (QED) is 0.795. The number of amides is 1. The predicted molar refractivity (Wildman–Crippen MR) is 85.1 cm³/mol. The third-order valence-electron chi connectivity index (χ3n) is 3.06. The first-order valence-corrected chi connectivity index (χ1v) is 8.84. The minimum atomic E-state index is -3.92. The van der Waals surface area contributed by atoms with Gasteiger partial charge in [-0.1, -0.05) is 12.1 Å². The normalized spacial score (nSPS) is 11.5. The smallest absolute Gasteiger partial charge is 0.264 e. The van der Waals surface area contributed by atoms with Crippen molar-refractivity contribution in [3.05, 3.63) is 58.9 Å². The lowest BCUT2D eigenvalue weighted by atomic mass is 10.2. The van der Waals surface area contributed by atoms with Gasteiger partial charge in [0, 0.05) is 16.5 Å². The van der Waals surface area contributed by atoms with E-state index in [9.17, 15) is 13.2 Å². The zero-order chi connectivity index (χ0) is 15.6. The van der Waals surface area contributed by atoms with E-state index in [0.717, 1.165) is 4.88 Å². The third kappa shape index (κ3) is 3.00. The van der Waals surface area contributed by atoms with Gasteiger partial charge in [0.15, 0.2) is 0 Å². The Morgan fingerprint density at radius 2 is 2.00 bits per heavy atom. The molecule has 3 aromatic rings. The molecule has 0 unspecified atom stereocenters. The van der Waals surface area contributed by atoms with Crippen LogP contribution in [0.25, 0.3) is 10.9 Å². The molecule has 0 radical (unpaired) electrons. The summed E-state index contributed by atoms with van der Waals surface area (Å²) in [6.45, 7) is 0. The summed E-state index contributed by atoms with van der Waals surface area (Å²) in [5.74, 6) is -0.552. The molecular weight excluding hydrogens is 320 g/mol. The van der Waals surface area contributed by atoms with Gasteiger partial charge in [-0.15, -0.1) is 11.3 Å². The minimum Gasteiger partial charge on any atom is -0.274 e. The van der Waals surface area contributed by atoms with E-state index >= 15 is 0 Å². The zero-order valence-electron chi connectivity index (χ0n) is 11.4. The van der Waals surface area contributed by atoms with Gasteiger partial charge < -0.3 is 0 Å². The van der Waals surface area contributed by atoms with Crippen LogP contribution in [0.3, 0.4) is 0 Å². The second-order valence-corrected chi connectivity index (χ2v) is 7.29. The molecule has 0 aliphatic carbocycles. The van der Waals surface area contributed by atoms with Gasteiger partial charge in [0.1, 0.15) is 0 Å². The third-order valence-corrected chi connectivity index (χ3v) is 5.37. The highest BCUT2D eigenvalue weighted by atomic mass is 32.2. The summed E-state index contributed by atoms with van der Waals surface area (Å²) in [6, 6.07) is 11.7. The number of benzene rings is 1. The van der Waals surface area contributed by atoms with E-state index in [2.05, 4.69) is 9.71 Å². The molecule has 0 aliphatic rings. The van der Waals surface area contributed by atoms with Gasteiger partial charge >= 0.3 is 0 Å². The lowest BCUT2D eigenvalue weighted by Gasteiger charge is -2.08. The Bertz CT molecular complexity index is 914. The summed E-state index contributed by atoms with van der Waals surface area (Å²) in [5, 5.41) is 2.33. The van der Waals surface area contributed by atoms with E-state index in [4.69, 9.17) is 0 Å². The molecule has 0 saturated carbocycles. The number of carbonyl (C=O) groups is 1. The SMILES string of the molecule is O=C(Cc1cccs1)NS(=O)(=O)c1cccc2ncccc12. The number of hydrogen-bond donors (Lipinski definition) is 1. The van der Waals surface area contributed by atoms with Crippen molar-refractivity contribution in [3.8, 4) is 0 Å². The highest BCUT2D eigenvalue weighted by Crippen LogP contribution is 2.21. The number of hydrogen-bond acceptors (Lipinski definition) is 5. The molecule has 5 nitrogen and oxygen atoms in total. The summed E-state index contributed by atoms with van der Waals surface area (Å²) in [5.41, 5.74) is 0.566. The average Bonchev–Trinajstić information content (AvgIpc) is 2.98. The molecule has 0 aliphatic heterocycles. The Balaban J connectivity index is 1.90. The number of sulfonamides is 1. The van der Waals surface area contributed by atoms with Crippen LogP contribution in [-0.2, 0) is 21.2 Å². The van der Waals surface area contributed by atoms with Crippen molar-refractivity contribution in [1.82, 2.24) is 9.71 Å². The maximum atomic E-state index is 12.4. The summed E-state index contributed by atoms with van der Waals surface area (Å²) >= 11 is 1.41. The number of nitrogens with zero attached hydrogens (tertiary/aromatic N) is 1. The first-order valence-electron chi connectivity index (χ1n) is 6.48. The van der Waals surface area contributed by atoms with Gasteiger partial charge in [0.05, 0.1) is 16.8 Å². The summed E-state index contributed by atoms with van der Waals surface area (Å²) in [7, 11) is -3.92. The largest absolute Gasteiger partial charge is 0.274 e. The van der Waals surface area contributed by atoms with Gasteiger partial charge in [-0.25, -0.2) is 13.1 Å². The standard InChI is InChI=1S/C15H12N2O3S2/c18-15(10-11-4-3-9-21-11)17-22(19,20)14-7-1-6-13-12(14)5-2-8-16-13/h1-9H,10H2,(H,17,18). The van der Waals surface area contributed by atoms with Gasteiger partial charge in [0.25, 0.3) is 10.0 Å². The van der Waals surface area contributed by atoms with Gasteiger partial charge in [-0.3, -0.25) is 9.78 Å². The molecule has 1 aromatic carbocycles. The summed E-state index contributed by atoms with van der Waals surface area (Å²) in [4.78, 5) is 16.9. The molecule has 7 heteroatoms. The van der Waals surface area contributed by atoms with Crippen LogP contribution >= 0.6 is 11.3 Å². The molecule has 0 atom stereocenters. The maximum Gasteiger partial charge on any atom is 0.264 e. The van der Waals surface area contributed by atoms with Crippen LogP contribution in [0.1, 0.15) is 4.88 Å². The Kier molecular flexibility index (Phi) is 3.91. The lowest BCUT2D eigenvalue weighted by Crippen LogP contribution is -2.31. The Morgan fingerprint density at radius 1 is 1.14 bits per heavy atom. The highest BCUT2D eigenvalue weighted by molar-refractivity contribution is 7.90. The number of rotatable bonds is 4. The molecule has 22 heavy (non-hydrogen) atoms. The van der Waals surface area contributed by atoms with Gasteiger partial charge in [-0.2, -0.15) is 0 Å². The lowest BCUT2D eigenvalue weighted by molar-refractivity contribution is -0.118. The molecule has 0 fully saturated rings. The number of aromatic nitrogens is 1. The zero-order valence-corrected chi connectivity index (χ0v) is 13.0. The molecule has 0 spiro atoms. The van der Waals surface area contributed by atoms with Crippen LogP contribution in [0, 0.1) is 0 Å². The summed E-state index contributed by atoms with van der Waals surface area (Å²) in [6.07, 6.45) is 1.63.